The predicted octanol–water partition coefficient (Wildman–Crippen LogP) is 1.81. The number of rotatable bonds is 1. The smallest absolute Gasteiger partial charge is 0.262 e. The fraction of sp³-hybridized carbons (Fsp3) is 0.412. The highest BCUT2D eigenvalue weighted by atomic mass is 16.2. The summed E-state index contributed by atoms with van der Waals surface area (Å²) in [7, 11) is 0. The Morgan fingerprint density at radius 1 is 1.09 bits per heavy atom. The lowest BCUT2D eigenvalue weighted by Gasteiger charge is -2.38. The normalized spacial score (nSPS) is 23.2. The molecule has 0 spiro atoms. The van der Waals surface area contributed by atoms with Crippen LogP contribution in [0.2, 0.25) is 0 Å². The Labute approximate surface area is 134 Å². The first kappa shape index (κ1) is 16.9. The second-order valence-corrected chi connectivity index (χ2v) is 5.59. The Balaban J connectivity index is 0.000000924. The van der Waals surface area contributed by atoms with Crippen LogP contribution in [0.15, 0.2) is 18.2 Å². The molecule has 2 aliphatic rings. The van der Waals surface area contributed by atoms with Gasteiger partial charge in [0.25, 0.3) is 17.7 Å². The summed E-state index contributed by atoms with van der Waals surface area (Å²) < 4.78 is 0. The maximum Gasteiger partial charge on any atom is 0.262 e. The highest BCUT2D eigenvalue weighted by Gasteiger charge is 2.52. The zero-order chi connectivity index (χ0) is 17.4. The first-order valence-corrected chi connectivity index (χ1v) is 7.69. The summed E-state index contributed by atoms with van der Waals surface area (Å²) in [6.07, 6.45) is 0.247. The summed E-state index contributed by atoms with van der Waals surface area (Å²) in [5, 5.41) is 2.21. The zero-order valence-electron chi connectivity index (χ0n) is 13.7. The van der Waals surface area contributed by atoms with E-state index in [1.54, 1.807) is 25.1 Å². The van der Waals surface area contributed by atoms with Crippen molar-refractivity contribution in [3.05, 3.63) is 34.9 Å². The second-order valence-electron chi connectivity index (χ2n) is 5.59. The van der Waals surface area contributed by atoms with Crippen molar-refractivity contribution >= 4 is 23.6 Å². The summed E-state index contributed by atoms with van der Waals surface area (Å²) in [5.41, 5.74) is 0.0247. The fourth-order valence-electron chi connectivity index (χ4n) is 2.91. The third kappa shape index (κ3) is 2.44. The Kier molecular flexibility index (Phi) is 4.36. The molecule has 0 saturated carbocycles. The number of hydrogen-bond acceptors (Lipinski definition) is 4. The van der Waals surface area contributed by atoms with Crippen molar-refractivity contribution in [1.29, 1.82) is 0 Å². The number of aryl methyl sites for hydroxylation is 1. The quantitative estimate of drug-likeness (QED) is 0.801. The van der Waals surface area contributed by atoms with Crippen molar-refractivity contribution in [1.82, 2.24) is 10.2 Å². The molecule has 1 unspecified atom stereocenters. The molecule has 0 bridgehead atoms. The lowest BCUT2D eigenvalue weighted by molar-refractivity contribution is -0.140. The van der Waals surface area contributed by atoms with Gasteiger partial charge in [-0.25, -0.2) is 0 Å². The van der Waals surface area contributed by atoms with E-state index in [1.807, 2.05) is 13.8 Å². The number of carbonyl (C=O) groups excluding carboxylic acids is 4. The monoisotopic (exact) mass is 316 g/mol. The molecule has 3 rings (SSSR count). The molecular formula is C17H20N2O4. The third-order valence-corrected chi connectivity index (χ3v) is 4.20. The van der Waals surface area contributed by atoms with Crippen molar-refractivity contribution in [2.24, 2.45) is 0 Å². The van der Waals surface area contributed by atoms with Crippen LogP contribution < -0.4 is 5.32 Å². The number of fused-ring (bicyclic) bond motifs is 1. The first-order valence-electron chi connectivity index (χ1n) is 7.69. The van der Waals surface area contributed by atoms with Crippen LogP contribution in [-0.2, 0) is 9.59 Å². The molecule has 0 aliphatic carbocycles. The van der Waals surface area contributed by atoms with E-state index in [0.29, 0.717) is 16.7 Å². The highest BCUT2D eigenvalue weighted by molar-refractivity contribution is 6.24. The molecule has 0 radical (unpaired) electrons. The summed E-state index contributed by atoms with van der Waals surface area (Å²) in [4.78, 5) is 49.6. The Morgan fingerprint density at radius 2 is 1.74 bits per heavy atom. The number of nitrogens with zero attached hydrogens (tertiary/aromatic N) is 1. The average Bonchev–Trinajstić information content (AvgIpc) is 2.79. The predicted molar refractivity (Wildman–Crippen MR) is 83.8 cm³/mol. The van der Waals surface area contributed by atoms with Crippen LogP contribution in [0.5, 0.6) is 0 Å². The molecule has 122 valence electrons. The van der Waals surface area contributed by atoms with E-state index in [1.165, 1.54) is 6.92 Å². The van der Waals surface area contributed by atoms with Crippen molar-refractivity contribution in [2.45, 2.75) is 46.1 Å². The molecular weight excluding hydrogens is 296 g/mol. The van der Waals surface area contributed by atoms with Crippen LogP contribution in [0, 0.1) is 6.92 Å². The summed E-state index contributed by atoms with van der Waals surface area (Å²) in [5.74, 6) is -1.94. The van der Waals surface area contributed by atoms with Gasteiger partial charge >= 0.3 is 0 Å². The molecule has 1 fully saturated rings. The van der Waals surface area contributed by atoms with E-state index in [2.05, 4.69) is 5.32 Å². The molecule has 0 aromatic heterocycles. The van der Waals surface area contributed by atoms with Gasteiger partial charge in [0.05, 0.1) is 11.1 Å². The van der Waals surface area contributed by atoms with Crippen LogP contribution in [0.3, 0.4) is 0 Å². The number of piperidine rings is 1. The minimum absolute atomic E-state index is 0.106. The van der Waals surface area contributed by atoms with Gasteiger partial charge in [-0.2, -0.15) is 0 Å². The minimum Gasteiger partial charge on any atom is -0.294 e. The highest BCUT2D eigenvalue weighted by Crippen LogP contribution is 2.35. The Hall–Kier alpha value is -2.50. The fourth-order valence-corrected chi connectivity index (χ4v) is 2.91. The van der Waals surface area contributed by atoms with Gasteiger partial charge in [0.15, 0.2) is 0 Å². The van der Waals surface area contributed by atoms with E-state index in [4.69, 9.17) is 0 Å². The maximum atomic E-state index is 12.6. The van der Waals surface area contributed by atoms with E-state index in [9.17, 15) is 19.2 Å². The zero-order valence-corrected chi connectivity index (χ0v) is 13.7. The number of amides is 4. The number of nitrogens with one attached hydrogen (secondary N) is 1. The van der Waals surface area contributed by atoms with Gasteiger partial charge in [0, 0.05) is 6.42 Å². The Morgan fingerprint density at radius 3 is 2.30 bits per heavy atom. The van der Waals surface area contributed by atoms with Crippen LogP contribution in [0.25, 0.3) is 0 Å². The van der Waals surface area contributed by atoms with Crippen molar-refractivity contribution in [3.8, 4) is 0 Å². The lowest BCUT2D eigenvalue weighted by Crippen LogP contribution is -2.62. The number of hydrogen-bond donors (Lipinski definition) is 1. The van der Waals surface area contributed by atoms with Crippen molar-refractivity contribution in [2.75, 3.05) is 0 Å². The molecule has 1 saturated heterocycles. The summed E-state index contributed by atoms with van der Waals surface area (Å²) in [6.45, 7) is 7.27. The molecule has 23 heavy (non-hydrogen) atoms. The summed E-state index contributed by atoms with van der Waals surface area (Å²) >= 11 is 0. The number of imide groups is 2. The van der Waals surface area contributed by atoms with Crippen molar-refractivity contribution in [3.63, 3.8) is 0 Å². The van der Waals surface area contributed by atoms with Crippen LogP contribution in [0.1, 0.15) is 59.9 Å². The van der Waals surface area contributed by atoms with Gasteiger partial charge in [-0.1, -0.05) is 26.0 Å². The van der Waals surface area contributed by atoms with E-state index < -0.39 is 23.3 Å². The standard InChI is InChI=1S/C15H14N2O4.C2H6/c1-8-4-3-5-9-11(8)13(20)17(12(9)19)15(2)7-6-10(18)16-14(15)21;1-2/h3-5H,6-7H2,1-2H3,(H,16,18,21);1-2H3. The average molecular weight is 316 g/mol. The lowest BCUT2D eigenvalue weighted by atomic mass is 9.89. The van der Waals surface area contributed by atoms with Gasteiger partial charge in [0.2, 0.25) is 5.91 Å². The van der Waals surface area contributed by atoms with Gasteiger partial charge in [-0.05, 0) is 31.9 Å². The molecule has 4 amide bonds. The number of carbonyl (C=O) groups is 4. The van der Waals surface area contributed by atoms with Crippen molar-refractivity contribution < 1.29 is 19.2 Å². The van der Waals surface area contributed by atoms with Crippen LogP contribution in [0.4, 0.5) is 0 Å². The Bertz CT molecular complexity index is 711. The topological polar surface area (TPSA) is 83.6 Å². The maximum absolute atomic E-state index is 12.6. The molecule has 1 atom stereocenters. The largest absolute Gasteiger partial charge is 0.294 e. The van der Waals surface area contributed by atoms with Gasteiger partial charge in [-0.3, -0.25) is 29.4 Å². The first-order chi connectivity index (χ1) is 10.9. The molecule has 1 aromatic rings. The molecule has 1 N–H and O–H groups in total. The molecule has 6 heteroatoms. The molecule has 6 nitrogen and oxygen atoms in total. The van der Waals surface area contributed by atoms with Crippen LogP contribution >= 0.6 is 0 Å². The van der Waals surface area contributed by atoms with Gasteiger partial charge < -0.3 is 0 Å². The SMILES string of the molecule is CC.Cc1cccc2c1C(=O)N(C1(C)CCC(=O)NC1=O)C2=O. The van der Waals surface area contributed by atoms with E-state index in [0.717, 1.165) is 4.90 Å². The van der Waals surface area contributed by atoms with E-state index in [-0.39, 0.29) is 18.7 Å². The minimum atomic E-state index is -1.33. The van der Waals surface area contributed by atoms with Crippen LogP contribution in [-0.4, -0.2) is 34.1 Å². The van der Waals surface area contributed by atoms with E-state index >= 15 is 0 Å². The third-order valence-electron chi connectivity index (χ3n) is 4.20. The second kappa shape index (κ2) is 5.95. The molecule has 1 aromatic carbocycles. The van der Waals surface area contributed by atoms with Gasteiger partial charge in [0.1, 0.15) is 5.54 Å². The van der Waals surface area contributed by atoms with Gasteiger partial charge in [-0.15, -0.1) is 0 Å². The summed E-state index contributed by atoms with van der Waals surface area (Å²) in [6, 6.07) is 5.04. The number of benzene rings is 1. The molecule has 2 aliphatic heterocycles. The molecule has 2 heterocycles.